The van der Waals surface area contributed by atoms with Crippen LogP contribution in [0.15, 0.2) is 28.8 Å². The van der Waals surface area contributed by atoms with E-state index in [0.717, 1.165) is 0 Å². The van der Waals surface area contributed by atoms with Gasteiger partial charge in [0.1, 0.15) is 0 Å². The maximum atomic E-state index is 10.6. The topological polar surface area (TPSA) is 85.5 Å². The van der Waals surface area contributed by atoms with Gasteiger partial charge in [-0.15, -0.1) is 0 Å². The lowest BCUT2D eigenvalue weighted by molar-refractivity contribution is 0.0697. The minimum absolute atomic E-state index is 0.0670. The number of aromatic nitrogens is 2. The molecule has 16 heavy (non-hydrogen) atoms. The Labute approximate surface area is 90.5 Å². The molecule has 0 spiro atoms. The molecule has 2 aromatic rings. The van der Waals surface area contributed by atoms with Gasteiger partial charge < -0.3 is 9.84 Å². The molecule has 6 nitrogen and oxygen atoms in total. The number of benzene rings is 1. The second-order valence-electron chi connectivity index (χ2n) is 2.97. The highest BCUT2D eigenvalue weighted by Crippen LogP contribution is 2.18. The van der Waals surface area contributed by atoms with E-state index in [1.54, 1.807) is 12.1 Å². The summed E-state index contributed by atoms with van der Waals surface area (Å²) in [6.45, 7) is 0. The van der Waals surface area contributed by atoms with Crippen molar-refractivity contribution in [3.8, 4) is 17.5 Å². The van der Waals surface area contributed by atoms with Gasteiger partial charge in [0.05, 0.1) is 12.7 Å². The van der Waals surface area contributed by atoms with E-state index in [1.807, 2.05) is 0 Å². The lowest BCUT2D eigenvalue weighted by atomic mass is 10.1. The van der Waals surface area contributed by atoms with E-state index in [9.17, 15) is 4.79 Å². The Morgan fingerprint density at radius 2 is 2.06 bits per heavy atom. The molecule has 0 saturated carbocycles. The van der Waals surface area contributed by atoms with E-state index < -0.39 is 5.97 Å². The predicted molar refractivity (Wildman–Crippen MR) is 53.2 cm³/mol. The number of aromatic carboxylic acids is 1. The molecule has 0 unspecified atom stereocenters. The largest absolute Gasteiger partial charge is 0.478 e. The first-order valence-electron chi connectivity index (χ1n) is 4.42. The Kier molecular flexibility index (Phi) is 2.55. The summed E-state index contributed by atoms with van der Waals surface area (Å²) in [6, 6.07) is 6.16. The molecular formula is C10H8N2O4. The molecule has 0 bridgehead atoms. The number of ether oxygens (including phenoxy) is 1. The highest BCUT2D eigenvalue weighted by atomic mass is 16.6. The Balaban J connectivity index is 2.30. The van der Waals surface area contributed by atoms with Gasteiger partial charge in [0, 0.05) is 5.56 Å². The minimum atomic E-state index is -0.975. The van der Waals surface area contributed by atoms with E-state index in [1.165, 1.54) is 19.2 Å². The summed E-state index contributed by atoms with van der Waals surface area (Å²) in [4.78, 5) is 14.6. The summed E-state index contributed by atoms with van der Waals surface area (Å²) < 4.78 is 9.49. The maximum absolute atomic E-state index is 10.6. The number of hydrogen-bond acceptors (Lipinski definition) is 5. The van der Waals surface area contributed by atoms with Crippen molar-refractivity contribution in [1.29, 1.82) is 0 Å². The van der Waals surface area contributed by atoms with Crippen LogP contribution in [0.5, 0.6) is 6.08 Å². The van der Waals surface area contributed by atoms with Crippen LogP contribution < -0.4 is 4.74 Å². The summed E-state index contributed by atoms with van der Waals surface area (Å²) in [5.41, 5.74) is 0.872. The van der Waals surface area contributed by atoms with Gasteiger partial charge in [0.15, 0.2) is 0 Å². The monoisotopic (exact) mass is 220 g/mol. The van der Waals surface area contributed by atoms with Crippen LogP contribution in [0.1, 0.15) is 10.4 Å². The Morgan fingerprint density at radius 1 is 1.38 bits per heavy atom. The molecule has 0 amide bonds. The van der Waals surface area contributed by atoms with Crippen molar-refractivity contribution in [3.63, 3.8) is 0 Å². The van der Waals surface area contributed by atoms with Crippen molar-refractivity contribution in [3.05, 3.63) is 29.8 Å². The maximum Gasteiger partial charge on any atom is 0.417 e. The highest BCUT2D eigenvalue weighted by molar-refractivity contribution is 5.88. The fourth-order valence-corrected chi connectivity index (χ4v) is 1.17. The third kappa shape index (κ3) is 1.85. The molecule has 0 aliphatic rings. The van der Waals surface area contributed by atoms with Gasteiger partial charge in [-0.05, 0) is 12.1 Å². The molecule has 0 radical (unpaired) electrons. The Hall–Kier alpha value is -2.37. The summed E-state index contributed by atoms with van der Waals surface area (Å²) in [5.74, 6) is -0.619. The van der Waals surface area contributed by atoms with Crippen LogP contribution in [0.3, 0.4) is 0 Å². The average molecular weight is 220 g/mol. The molecule has 0 aliphatic heterocycles. The number of rotatable bonds is 3. The first kappa shape index (κ1) is 10.2. The van der Waals surface area contributed by atoms with Gasteiger partial charge in [-0.2, -0.15) is 4.98 Å². The summed E-state index contributed by atoms with van der Waals surface area (Å²) in [7, 11) is 1.42. The number of nitrogens with zero attached hydrogens (tertiary/aromatic N) is 2. The second kappa shape index (κ2) is 4.01. The zero-order valence-electron chi connectivity index (χ0n) is 8.38. The van der Waals surface area contributed by atoms with Gasteiger partial charge in [-0.1, -0.05) is 17.3 Å². The number of hydrogen-bond donors (Lipinski definition) is 1. The molecule has 1 heterocycles. The molecule has 1 aromatic heterocycles. The molecule has 0 atom stereocenters. The van der Waals surface area contributed by atoms with Gasteiger partial charge in [0.25, 0.3) is 0 Å². The van der Waals surface area contributed by atoms with E-state index in [0.29, 0.717) is 11.4 Å². The number of carboxylic acid groups (broad SMARTS) is 1. The average Bonchev–Trinajstić information content (AvgIpc) is 2.77. The van der Waals surface area contributed by atoms with Crippen LogP contribution >= 0.6 is 0 Å². The van der Waals surface area contributed by atoms with E-state index in [4.69, 9.17) is 14.4 Å². The second-order valence-corrected chi connectivity index (χ2v) is 2.97. The van der Waals surface area contributed by atoms with Crippen LogP contribution in [0.4, 0.5) is 0 Å². The van der Waals surface area contributed by atoms with Crippen molar-refractivity contribution in [2.75, 3.05) is 7.11 Å². The molecule has 6 heteroatoms. The predicted octanol–water partition coefficient (Wildman–Crippen LogP) is 1.44. The quantitative estimate of drug-likeness (QED) is 0.842. The number of carbonyl (C=O) groups is 1. The standard InChI is InChI=1S/C10H8N2O4/c1-15-10-11-8(12-16-10)6-2-4-7(5-3-6)9(13)14/h2-5H,1H3,(H,13,14). The normalized spacial score (nSPS) is 10.1. The van der Waals surface area contributed by atoms with Crippen LogP contribution in [0.25, 0.3) is 11.4 Å². The van der Waals surface area contributed by atoms with Gasteiger partial charge in [-0.3, -0.25) is 4.52 Å². The first-order chi connectivity index (χ1) is 7.70. The molecule has 0 aliphatic carbocycles. The van der Waals surface area contributed by atoms with Gasteiger partial charge >= 0.3 is 12.0 Å². The molecule has 0 saturated heterocycles. The zero-order chi connectivity index (χ0) is 11.5. The van der Waals surface area contributed by atoms with Gasteiger partial charge in [0.2, 0.25) is 5.82 Å². The first-order valence-corrected chi connectivity index (χ1v) is 4.42. The lowest BCUT2D eigenvalue weighted by Gasteiger charge is -1.95. The summed E-state index contributed by atoms with van der Waals surface area (Å²) >= 11 is 0. The zero-order valence-corrected chi connectivity index (χ0v) is 8.38. The fourth-order valence-electron chi connectivity index (χ4n) is 1.17. The summed E-state index contributed by atoms with van der Waals surface area (Å²) in [5, 5.41) is 12.4. The smallest absolute Gasteiger partial charge is 0.417 e. The van der Waals surface area contributed by atoms with E-state index in [-0.39, 0.29) is 11.6 Å². The molecule has 82 valence electrons. The molecule has 1 N–H and O–H groups in total. The lowest BCUT2D eigenvalue weighted by Crippen LogP contribution is -1.95. The van der Waals surface area contributed by atoms with Crippen LogP contribution in [-0.2, 0) is 0 Å². The van der Waals surface area contributed by atoms with Crippen LogP contribution in [0, 0.1) is 0 Å². The van der Waals surface area contributed by atoms with Crippen LogP contribution in [-0.4, -0.2) is 28.3 Å². The molecule has 1 aromatic carbocycles. The van der Waals surface area contributed by atoms with Crippen molar-refractivity contribution >= 4 is 5.97 Å². The minimum Gasteiger partial charge on any atom is -0.478 e. The third-order valence-electron chi connectivity index (χ3n) is 1.97. The number of methoxy groups -OCH3 is 1. The van der Waals surface area contributed by atoms with Crippen molar-refractivity contribution in [1.82, 2.24) is 10.1 Å². The SMILES string of the molecule is COc1nc(-c2ccc(C(=O)O)cc2)no1. The number of carboxylic acids is 1. The van der Waals surface area contributed by atoms with E-state index in [2.05, 4.69) is 10.1 Å². The molecule has 2 rings (SSSR count). The Morgan fingerprint density at radius 3 is 2.56 bits per heavy atom. The van der Waals surface area contributed by atoms with Crippen molar-refractivity contribution < 1.29 is 19.2 Å². The fraction of sp³-hybridized carbons (Fsp3) is 0.100. The van der Waals surface area contributed by atoms with Crippen molar-refractivity contribution in [2.24, 2.45) is 0 Å². The molecular weight excluding hydrogens is 212 g/mol. The van der Waals surface area contributed by atoms with E-state index >= 15 is 0 Å². The van der Waals surface area contributed by atoms with Crippen LogP contribution in [0.2, 0.25) is 0 Å². The van der Waals surface area contributed by atoms with Crippen molar-refractivity contribution in [2.45, 2.75) is 0 Å². The Bertz CT molecular complexity index is 504. The summed E-state index contributed by atoms with van der Waals surface area (Å²) in [6.07, 6.45) is 0.0670. The molecule has 0 fully saturated rings. The van der Waals surface area contributed by atoms with Gasteiger partial charge in [-0.25, -0.2) is 4.79 Å². The highest BCUT2D eigenvalue weighted by Gasteiger charge is 2.09. The third-order valence-corrected chi connectivity index (χ3v) is 1.97.